The third-order valence-electron chi connectivity index (χ3n) is 2.24. The Morgan fingerprint density at radius 3 is 2.72 bits per heavy atom. The third-order valence-corrected chi connectivity index (χ3v) is 4.07. The predicted molar refractivity (Wildman–Crippen MR) is 67.2 cm³/mol. The lowest BCUT2D eigenvalue weighted by molar-refractivity contribution is 0.0691. The van der Waals surface area contributed by atoms with Crippen LogP contribution in [0.4, 0.5) is 5.69 Å². The predicted octanol–water partition coefficient (Wildman–Crippen LogP) is 0.0831. The highest BCUT2D eigenvalue weighted by Crippen LogP contribution is 2.11. The van der Waals surface area contributed by atoms with Gasteiger partial charge in [0, 0.05) is 26.8 Å². The van der Waals surface area contributed by atoms with Crippen LogP contribution < -0.4 is 5.32 Å². The molecular weight excluding hydrogens is 258 g/mol. The summed E-state index contributed by atoms with van der Waals surface area (Å²) in [7, 11) is -0.405. The van der Waals surface area contributed by atoms with Crippen molar-refractivity contribution in [2.24, 2.45) is 0 Å². The van der Waals surface area contributed by atoms with E-state index in [0.29, 0.717) is 5.69 Å². The molecule has 0 radical (unpaired) electrons. The molecule has 2 N–H and O–H groups in total. The van der Waals surface area contributed by atoms with Gasteiger partial charge in [0.2, 0.25) is 10.0 Å². The van der Waals surface area contributed by atoms with Gasteiger partial charge in [-0.1, -0.05) is 0 Å². The van der Waals surface area contributed by atoms with Crippen LogP contribution in [0.1, 0.15) is 10.5 Å². The first-order chi connectivity index (χ1) is 8.34. The molecule has 0 fully saturated rings. The number of anilines is 1. The van der Waals surface area contributed by atoms with Gasteiger partial charge >= 0.3 is 5.97 Å². The number of aromatic carboxylic acids is 1. The minimum absolute atomic E-state index is 0.117. The number of carbonyl (C=O) groups is 1. The topological polar surface area (TPSA) is 99.6 Å². The zero-order valence-corrected chi connectivity index (χ0v) is 10.9. The first-order valence-electron chi connectivity index (χ1n) is 5.17. The van der Waals surface area contributed by atoms with Gasteiger partial charge in [-0.05, 0) is 12.1 Å². The maximum Gasteiger partial charge on any atom is 0.356 e. The fourth-order valence-electron chi connectivity index (χ4n) is 1.22. The lowest BCUT2D eigenvalue weighted by Crippen LogP contribution is -2.28. The summed E-state index contributed by atoms with van der Waals surface area (Å²) in [5.74, 6) is -1.28. The molecular formula is C10H15N3O4S. The molecule has 7 nitrogen and oxygen atoms in total. The molecule has 1 heterocycles. The van der Waals surface area contributed by atoms with Crippen molar-refractivity contribution in [1.82, 2.24) is 9.29 Å². The van der Waals surface area contributed by atoms with E-state index in [-0.39, 0.29) is 18.0 Å². The molecule has 8 heteroatoms. The van der Waals surface area contributed by atoms with Crippen molar-refractivity contribution in [3.8, 4) is 0 Å². The zero-order valence-electron chi connectivity index (χ0n) is 10.1. The molecule has 1 aromatic heterocycles. The van der Waals surface area contributed by atoms with Gasteiger partial charge in [-0.25, -0.2) is 22.5 Å². The van der Waals surface area contributed by atoms with E-state index in [1.165, 1.54) is 20.3 Å². The van der Waals surface area contributed by atoms with Crippen molar-refractivity contribution in [1.29, 1.82) is 0 Å². The summed E-state index contributed by atoms with van der Waals surface area (Å²) >= 11 is 0. The van der Waals surface area contributed by atoms with E-state index in [1.807, 2.05) is 0 Å². The van der Waals surface area contributed by atoms with Crippen molar-refractivity contribution >= 4 is 21.7 Å². The zero-order chi connectivity index (χ0) is 13.8. The van der Waals surface area contributed by atoms with Gasteiger partial charge < -0.3 is 10.4 Å². The van der Waals surface area contributed by atoms with Gasteiger partial charge in [0.15, 0.2) is 5.69 Å². The van der Waals surface area contributed by atoms with Crippen LogP contribution in [0.3, 0.4) is 0 Å². The number of pyridine rings is 1. The summed E-state index contributed by atoms with van der Waals surface area (Å²) in [4.78, 5) is 14.6. The molecule has 0 aliphatic rings. The average molecular weight is 273 g/mol. The minimum Gasteiger partial charge on any atom is -0.476 e. The minimum atomic E-state index is -3.30. The Bertz CT molecular complexity index is 528. The largest absolute Gasteiger partial charge is 0.476 e. The Balaban J connectivity index is 2.68. The van der Waals surface area contributed by atoms with Gasteiger partial charge in [0.25, 0.3) is 0 Å². The second-order valence-corrected chi connectivity index (χ2v) is 6.03. The summed E-state index contributed by atoms with van der Waals surface area (Å²) in [5, 5.41) is 11.6. The van der Waals surface area contributed by atoms with Crippen LogP contribution in [0.25, 0.3) is 0 Å². The maximum absolute atomic E-state index is 11.5. The number of carboxylic acids is 1. The summed E-state index contributed by atoms with van der Waals surface area (Å²) in [6.07, 6.45) is 1.37. The lowest BCUT2D eigenvalue weighted by Gasteiger charge is -2.12. The Hall–Kier alpha value is -1.67. The van der Waals surface area contributed by atoms with Gasteiger partial charge in [0.1, 0.15) is 0 Å². The number of sulfonamides is 1. The highest BCUT2D eigenvalue weighted by atomic mass is 32.2. The van der Waals surface area contributed by atoms with E-state index in [2.05, 4.69) is 10.3 Å². The number of hydrogen-bond donors (Lipinski definition) is 2. The third kappa shape index (κ3) is 3.67. The van der Waals surface area contributed by atoms with Crippen molar-refractivity contribution in [2.75, 3.05) is 31.7 Å². The van der Waals surface area contributed by atoms with Crippen LogP contribution in [0.5, 0.6) is 0 Å². The molecule has 1 rings (SSSR count). The standard InChI is InChI=1S/C10H15N3O4S/c1-13(2)18(16,17)7-6-11-8-4-3-5-12-9(8)10(14)15/h3-5,11H,6-7H2,1-2H3,(H,14,15). The Morgan fingerprint density at radius 1 is 1.50 bits per heavy atom. The van der Waals surface area contributed by atoms with Crippen LogP contribution in [-0.2, 0) is 10.0 Å². The van der Waals surface area contributed by atoms with Gasteiger partial charge in [-0.2, -0.15) is 0 Å². The van der Waals surface area contributed by atoms with Crippen LogP contribution in [0.15, 0.2) is 18.3 Å². The number of rotatable bonds is 6. The smallest absolute Gasteiger partial charge is 0.356 e. The molecule has 0 aromatic carbocycles. The molecule has 0 aliphatic heterocycles. The number of aromatic nitrogens is 1. The molecule has 0 aliphatic carbocycles. The molecule has 18 heavy (non-hydrogen) atoms. The number of carboxylic acid groups (broad SMARTS) is 1. The molecule has 0 spiro atoms. The van der Waals surface area contributed by atoms with E-state index < -0.39 is 16.0 Å². The highest BCUT2D eigenvalue weighted by molar-refractivity contribution is 7.89. The molecule has 0 amide bonds. The fraction of sp³-hybridized carbons (Fsp3) is 0.400. The maximum atomic E-state index is 11.5. The van der Waals surface area contributed by atoms with E-state index in [0.717, 1.165) is 4.31 Å². The van der Waals surface area contributed by atoms with Crippen LogP contribution in [0.2, 0.25) is 0 Å². The second kappa shape index (κ2) is 5.78. The molecule has 0 saturated heterocycles. The van der Waals surface area contributed by atoms with Crippen molar-refractivity contribution in [2.45, 2.75) is 0 Å². The van der Waals surface area contributed by atoms with Gasteiger partial charge in [-0.3, -0.25) is 0 Å². The van der Waals surface area contributed by atoms with E-state index in [4.69, 9.17) is 5.11 Å². The second-order valence-electron chi connectivity index (χ2n) is 3.73. The number of nitrogens with one attached hydrogen (secondary N) is 1. The SMILES string of the molecule is CN(C)S(=O)(=O)CCNc1cccnc1C(=O)O. The molecule has 1 aromatic rings. The van der Waals surface area contributed by atoms with Crippen LogP contribution in [-0.4, -0.2) is 55.2 Å². The number of hydrogen-bond acceptors (Lipinski definition) is 5. The Labute approximate surface area is 106 Å². The molecule has 0 atom stereocenters. The summed E-state index contributed by atoms with van der Waals surface area (Å²) < 4.78 is 24.1. The first-order valence-corrected chi connectivity index (χ1v) is 6.78. The summed E-state index contributed by atoms with van der Waals surface area (Å²) in [6.45, 7) is 0.118. The summed E-state index contributed by atoms with van der Waals surface area (Å²) in [5.41, 5.74) is 0.179. The lowest BCUT2D eigenvalue weighted by atomic mass is 10.3. The quantitative estimate of drug-likeness (QED) is 0.761. The van der Waals surface area contributed by atoms with Crippen LogP contribution in [0, 0.1) is 0 Å². The first kappa shape index (κ1) is 14.4. The van der Waals surface area contributed by atoms with E-state index >= 15 is 0 Å². The van der Waals surface area contributed by atoms with Crippen molar-refractivity contribution in [3.63, 3.8) is 0 Å². The Morgan fingerprint density at radius 2 is 2.17 bits per heavy atom. The molecule has 0 unspecified atom stereocenters. The summed E-state index contributed by atoms with van der Waals surface area (Å²) in [6, 6.07) is 3.12. The van der Waals surface area contributed by atoms with E-state index in [9.17, 15) is 13.2 Å². The van der Waals surface area contributed by atoms with Crippen molar-refractivity contribution in [3.05, 3.63) is 24.0 Å². The Kier molecular flexibility index (Phi) is 4.62. The average Bonchev–Trinajstić information content (AvgIpc) is 2.29. The van der Waals surface area contributed by atoms with E-state index in [1.54, 1.807) is 12.1 Å². The molecule has 0 bridgehead atoms. The number of nitrogens with zero attached hydrogens (tertiary/aromatic N) is 2. The van der Waals surface area contributed by atoms with Crippen LogP contribution >= 0.6 is 0 Å². The molecule has 100 valence electrons. The van der Waals surface area contributed by atoms with Gasteiger partial charge in [0.05, 0.1) is 11.4 Å². The normalized spacial score (nSPS) is 11.5. The van der Waals surface area contributed by atoms with Gasteiger partial charge in [-0.15, -0.1) is 0 Å². The highest BCUT2D eigenvalue weighted by Gasteiger charge is 2.14. The fourth-order valence-corrected chi connectivity index (χ4v) is 1.94. The van der Waals surface area contributed by atoms with Crippen molar-refractivity contribution < 1.29 is 18.3 Å². The monoisotopic (exact) mass is 273 g/mol. The molecule has 0 saturated carbocycles.